The summed E-state index contributed by atoms with van der Waals surface area (Å²) in [6, 6.07) is 5.52. The van der Waals surface area contributed by atoms with E-state index < -0.39 is 0 Å². The smallest absolute Gasteiger partial charge is 0.254 e. The Labute approximate surface area is 143 Å². The predicted octanol–water partition coefficient (Wildman–Crippen LogP) is 2.74. The van der Waals surface area contributed by atoms with Crippen LogP contribution in [0, 0.1) is 5.82 Å². The molecule has 3 aliphatic heterocycles. The molecule has 3 aliphatic rings. The second-order valence-electron chi connectivity index (χ2n) is 7.30. The molecule has 4 nitrogen and oxygen atoms in total. The molecule has 0 radical (unpaired) electrons. The zero-order valence-electron chi connectivity index (χ0n) is 14.2. The van der Waals surface area contributed by atoms with Crippen LogP contribution in [0.3, 0.4) is 0 Å². The third-order valence-corrected chi connectivity index (χ3v) is 5.73. The van der Waals surface area contributed by atoms with Crippen molar-refractivity contribution in [2.75, 3.05) is 44.2 Å². The van der Waals surface area contributed by atoms with Gasteiger partial charge in [-0.15, -0.1) is 0 Å². The fraction of sp³-hybridized carbons (Fsp3) is 0.632. The van der Waals surface area contributed by atoms with Gasteiger partial charge in [-0.1, -0.05) is 0 Å². The fourth-order valence-corrected chi connectivity index (χ4v) is 4.43. The van der Waals surface area contributed by atoms with Gasteiger partial charge in [0.2, 0.25) is 0 Å². The van der Waals surface area contributed by atoms with Crippen molar-refractivity contribution in [3.63, 3.8) is 0 Å². The van der Waals surface area contributed by atoms with Gasteiger partial charge in [-0.2, -0.15) is 0 Å². The van der Waals surface area contributed by atoms with Gasteiger partial charge in [0.25, 0.3) is 5.91 Å². The van der Waals surface area contributed by atoms with Crippen molar-refractivity contribution < 1.29 is 9.18 Å². The van der Waals surface area contributed by atoms with Gasteiger partial charge in [0.05, 0.1) is 5.69 Å². The maximum Gasteiger partial charge on any atom is 0.254 e. The Bertz CT molecular complexity index is 615. The standard InChI is InChI=1S/C19H26FN3O/c20-17-13-15(6-7-18(17)22-8-1-2-9-22)19(24)23-12-4-11-21-10-3-5-16(21)14-23/h6-7,13,16H,1-5,8-12,14H2. The molecule has 24 heavy (non-hydrogen) atoms. The molecule has 0 bridgehead atoms. The summed E-state index contributed by atoms with van der Waals surface area (Å²) in [5.41, 5.74) is 1.13. The number of nitrogens with zero attached hydrogens (tertiary/aromatic N) is 3. The Kier molecular flexibility index (Phi) is 4.44. The minimum Gasteiger partial charge on any atom is -0.369 e. The summed E-state index contributed by atoms with van der Waals surface area (Å²) in [6.45, 7) is 5.62. The Morgan fingerprint density at radius 1 is 1.00 bits per heavy atom. The van der Waals surface area contributed by atoms with E-state index in [0.717, 1.165) is 58.5 Å². The zero-order valence-corrected chi connectivity index (χ0v) is 14.2. The first-order valence-corrected chi connectivity index (χ1v) is 9.30. The molecule has 1 aromatic rings. The molecule has 1 aromatic carbocycles. The van der Waals surface area contributed by atoms with Crippen LogP contribution in [0.1, 0.15) is 42.5 Å². The third-order valence-electron chi connectivity index (χ3n) is 5.73. The van der Waals surface area contributed by atoms with Crippen LogP contribution >= 0.6 is 0 Å². The van der Waals surface area contributed by atoms with E-state index in [1.54, 1.807) is 12.1 Å². The SMILES string of the molecule is O=C(c1ccc(N2CCCC2)c(F)c1)N1CCCN2CCCC2C1. The van der Waals surface area contributed by atoms with E-state index >= 15 is 0 Å². The first-order chi connectivity index (χ1) is 11.7. The highest BCUT2D eigenvalue weighted by atomic mass is 19.1. The van der Waals surface area contributed by atoms with E-state index in [9.17, 15) is 9.18 Å². The number of benzene rings is 1. The van der Waals surface area contributed by atoms with Crippen molar-refractivity contribution in [2.24, 2.45) is 0 Å². The van der Waals surface area contributed by atoms with Crippen LogP contribution in [-0.2, 0) is 0 Å². The molecule has 0 N–H and O–H groups in total. The third kappa shape index (κ3) is 3.02. The number of amides is 1. The first kappa shape index (κ1) is 15.9. The second-order valence-corrected chi connectivity index (χ2v) is 7.30. The van der Waals surface area contributed by atoms with Crippen molar-refractivity contribution in [3.05, 3.63) is 29.6 Å². The van der Waals surface area contributed by atoms with E-state index in [0.29, 0.717) is 17.3 Å². The lowest BCUT2D eigenvalue weighted by Gasteiger charge is -2.26. The molecule has 3 heterocycles. The van der Waals surface area contributed by atoms with Gasteiger partial charge in [-0.25, -0.2) is 4.39 Å². The molecule has 1 amide bonds. The fourth-order valence-electron chi connectivity index (χ4n) is 4.43. The number of hydrogen-bond acceptors (Lipinski definition) is 3. The highest BCUT2D eigenvalue weighted by Crippen LogP contribution is 2.26. The Balaban J connectivity index is 1.50. The maximum absolute atomic E-state index is 14.5. The van der Waals surface area contributed by atoms with Crippen molar-refractivity contribution in [1.82, 2.24) is 9.80 Å². The number of anilines is 1. The molecule has 3 fully saturated rings. The van der Waals surface area contributed by atoms with Crippen LogP contribution in [0.2, 0.25) is 0 Å². The lowest BCUT2D eigenvalue weighted by atomic mass is 10.1. The van der Waals surface area contributed by atoms with Crippen molar-refractivity contribution in [2.45, 2.75) is 38.1 Å². The highest BCUT2D eigenvalue weighted by molar-refractivity contribution is 5.94. The quantitative estimate of drug-likeness (QED) is 0.834. The molecule has 3 saturated heterocycles. The van der Waals surface area contributed by atoms with Crippen molar-refractivity contribution in [3.8, 4) is 0 Å². The molecular weight excluding hydrogens is 305 g/mol. The summed E-state index contributed by atoms with van der Waals surface area (Å²) in [5, 5.41) is 0. The number of halogens is 1. The van der Waals surface area contributed by atoms with Crippen LogP contribution in [0.25, 0.3) is 0 Å². The molecule has 0 spiro atoms. The number of carbonyl (C=O) groups is 1. The summed E-state index contributed by atoms with van der Waals surface area (Å²) in [6.07, 6.45) is 5.64. The minimum atomic E-state index is -0.264. The summed E-state index contributed by atoms with van der Waals surface area (Å²) >= 11 is 0. The van der Waals surface area contributed by atoms with Crippen LogP contribution < -0.4 is 4.90 Å². The lowest BCUT2D eigenvalue weighted by molar-refractivity contribution is 0.0743. The average molecular weight is 331 g/mol. The van der Waals surface area contributed by atoms with Crippen LogP contribution in [0.15, 0.2) is 18.2 Å². The zero-order chi connectivity index (χ0) is 16.5. The maximum atomic E-state index is 14.5. The molecule has 0 aromatic heterocycles. The number of carbonyl (C=O) groups excluding carboxylic acids is 1. The van der Waals surface area contributed by atoms with Crippen molar-refractivity contribution >= 4 is 11.6 Å². The van der Waals surface area contributed by atoms with E-state index in [1.165, 1.54) is 18.9 Å². The highest BCUT2D eigenvalue weighted by Gasteiger charge is 2.31. The normalized spacial score (nSPS) is 25.0. The Morgan fingerprint density at radius 3 is 2.58 bits per heavy atom. The lowest BCUT2D eigenvalue weighted by Crippen LogP contribution is -2.39. The van der Waals surface area contributed by atoms with Gasteiger partial charge in [0.15, 0.2) is 0 Å². The van der Waals surface area contributed by atoms with Crippen LogP contribution in [0.5, 0.6) is 0 Å². The topological polar surface area (TPSA) is 26.8 Å². The summed E-state index contributed by atoms with van der Waals surface area (Å²) in [4.78, 5) is 19.4. The van der Waals surface area contributed by atoms with Crippen LogP contribution in [0.4, 0.5) is 10.1 Å². The molecule has 1 unspecified atom stereocenters. The molecule has 4 rings (SSSR count). The summed E-state index contributed by atoms with van der Waals surface area (Å²) in [7, 11) is 0. The molecular formula is C19H26FN3O. The molecule has 1 atom stereocenters. The summed E-state index contributed by atoms with van der Waals surface area (Å²) in [5.74, 6) is -0.282. The van der Waals surface area contributed by atoms with E-state index in [1.807, 2.05) is 4.90 Å². The van der Waals surface area contributed by atoms with Gasteiger partial charge < -0.3 is 9.80 Å². The van der Waals surface area contributed by atoms with Gasteiger partial charge in [-0.3, -0.25) is 9.69 Å². The number of hydrogen-bond donors (Lipinski definition) is 0. The van der Waals surface area contributed by atoms with Gasteiger partial charge in [0.1, 0.15) is 5.82 Å². The number of fused-ring (bicyclic) bond motifs is 1. The monoisotopic (exact) mass is 331 g/mol. The second kappa shape index (κ2) is 6.71. The van der Waals surface area contributed by atoms with E-state index in [4.69, 9.17) is 0 Å². The van der Waals surface area contributed by atoms with Gasteiger partial charge in [0, 0.05) is 44.3 Å². The molecule has 0 aliphatic carbocycles. The summed E-state index contributed by atoms with van der Waals surface area (Å²) < 4.78 is 14.5. The Hall–Kier alpha value is -1.62. The Morgan fingerprint density at radius 2 is 1.79 bits per heavy atom. The largest absolute Gasteiger partial charge is 0.369 e. The average Bonchev–Trinajstić information content (AvgIpc) is 3.22. The van der Waals surface area contributed by atoms with Gasteiger partial charge >= 0.3 is 0 Å². The number of rotatable bonds is 2. The molecule has 5 heteroatoms. The first-order valence-electron chi connectivity index (χ1n) is 9.30. The van der Waals surface area contributed by atoms with Gasteiger partial charge in [-0.05, 0) is 56.8 Å². The van der Waals surface area contributed by atoms with E-state index in [-0.39, 0.29) is 11.7 Å². The molecule has 0 saturated carbocycles. The predicted molar refractivity (Wildman–Crippen MR) is 93.0 cm³/mol. The van der Waals surface area contributed by atoms with Crippen molar-refractivity contribution in [1.29, 1.82) is 0 Å². The minimum absolute atomic E-state index is 0.0179. The van der Waals surface area contributed by atoms with E-state index in [2.05, 4.69) is 9.80 Å². The van der Waals surface area contributed by atoms with Crippen LogP contribution in [-0.4, -0.2) is 61.0 Å². The molecule has 130 valence electrons.